The van der Waals surface area contributed by atoms with Gasteiger partial charge in [-0.05, 0) is 31.7 Å². The normalized spacial score (nSPS) is 13.6. The molecule has 0 radical (unpaired) electrons. The van der Waals surface area contributed by atoms with Gasteiger partial charge in [0.1, 0.15) is 0 Å². The van der Waals surface area contributed by atoms with E-state index in [4.69, 9.17) is 5.73 Å². The SMILES string of the molecule is CCCC(C)(N)C(=O)N(CC)Cc1cccs1.Cl. The number of nitrogens with two attached hydrogens (primary N) is 1. The van der Waals surface area contributed by atoms with Gasteiger partial charge in [-0.3, -0.25) is 4.79 Å². The quantitative estimate of drug-likeness (QED) is 0.875. The Morgan fingerprint density at radius 3 is 2.61 bits per heavy atom. The van der Waals surface area contributed by atoms with Crippen molar-refractivity contribution in [2.24, 2.45) is 5.73 Å². The Morgan fingerprint density at radius 2 is 2.17 bits per heavy atom. The number of thiophene rings is 1. The second-order valence-corrected chi connectivity index (χ2v) is 5.60. The molecule has 1 atom stereocenters. The zero-order chi connectivity index (χ0) is 12.9. The fraction of sp³-hybridized carbons (Fsp3) is 0.615. The first-order chi connectivity index (χ1) is 8.01. The van der Waals surface area contributed by atoms with E-state index in [2.05, 4.69) is 0 Å². The van der Waals surface area contributed by atoms with Gasteiger partial charge >= 0.3 is 0 Å². The molecule has 1 aromatic rings. The molecular formula is C13H23ClN2OS. The lowest BCUT2D eigenvalue weighted by Gasteiger charge is -2.30. The Kier molecular flexibility index (Phi) is 7.52. The monoisotopic (exact) mass is 290 g/mol. The van der Waals surface area contributed by atoms with Crippen molar-refractivity contribution in [2.45, 2.75) is 45.7 Å². The number of amides is 1. The maximum Gasteiger partial charge on any atom is 0.242 e. The number of hydrogen-bond donors (Lipinski definition) is 1. The molecule has 5 heteroatoms. The standard InChI is InChI=1S/C13H22N2OS.ClH/c1-4-8-13(3,14)12(16)15(5-2)10-11-7-6-9-17-11;/h6-7,9H,4-5,8,10,14H2,1-3H3;1H. The van der Waals surface area contributed by atoms with Gasteiger partial charge in [0.05, 0.1) is 12.1 Å². The summed E-state index contributed by atoms with van der Waals surface area (Å²) in [6, 6.07) is 4.06. The van der Waals surface area contributed by atoms with E-state index in [-0.39, 0.29) is 18.3 Å². The summed E-state index contributed by atoms with van der Waals surface area (Å²) in [6.45, 7) is 7.24. The average molecular weight is 291 g/mol. The zero-order valence-corrected chi connectivity index (χ0v) is 12.9. The third-order valence-electron chi connectivity index (χ3n) is 2.85. The second kappa shape index (κ2) is 7.77. The van der Waals surface area contributed by atoms with E-state index in [9.17, 15) is 4.79 Å². The van der Waals surface area contributed by atoms with Gasteiger partial charge in [0.2, 0.25) is 5.91 Å². The van der Waals surface area contributed by atoms with E-state index in [1.165, 1.54) is 4.88 Å². The number of rotatable bonds is 6. The molecule has 104 valence electrons. The molecule has 0 saturated carbocycles. The molecule has 1 rings (SSSR count). The van der Waals surface area contributed by atoms with Crippen LogP contribution >= 0.6 is 23.7 Å². The first kappa shape index (κ1) is 17.4. The van der Waals surface area contributed by atoms with E-state index in [0.29, 0.717) is 13.1 Å². The molecule has 1 heterocycles. The minimum Gasteiger partial charge on any atom is -0.336 e. The lowest BCUT2D eigenvalue weighted by molar-refractivity contribution is -0.137. The molecule has 0 aromatic carbocycles. The van der Waals surface area contributed by atoms with E-state index >= 15 is 0 Å². The highest BCUT2D eigenvalue weighted by atomic mass is 35.5. The molecule has 0 fully saturated rings. The smallest absolute Gasteiger partial charge is 0.242 e. The number of nitrogens with zero attached hydrogens (tertiary/aromatic N) is 1. The van der Waals surface area contributed by atoms with Crippen LogP contribution in [0, 0.1) is 0 Å². The van der Waals surface area contributed by atoms with E-state index in [1.54, 1.807) is 11.3 Å². The third kappa shape index (κ3) is 4.59. The van der Waals surface area contributed by atoms with E-state index in [1.807, 2.05) is 43.2 Å². The molecular weight excluding hydrogens is 268 g/mol. The maximum absolute atomic E-state index is 12.3. The van der Waals surface area contributed by atoms with Crippen molar-refractivity contribution in [1.29, 1.82) is 0 Å². The van der Waals surface area contributed by atoms with Gasteiger partial charge < -0.3 is 10.6 Å². The van der Waals surface area contributed by atoms with Crippen molar-refractivity contribution in [2.75, 3.05) is 6.54 Å². The Labute approximate surface area is 120 Å². The predicted molar refractivity (Wildman–Crippen MR) is 80.2 cm³/mol. The summed E-state index contributed by atoms with van der Waals surface area (Å²) in [5, 5.41) is 2.03. The molecule has 18 heavy (non-hydrogen) atoms. The molecule has 0 spiro atoms. The molecule has 0 aliphatic rings. The summed E-state index contributed by atoms with van der Waals surface area (Å²) in [6.07, 6.45) is 1.65. The average Bonchev–Trinajstić information content (AvgIpc) is 2.77. The fourth-order valence-corrected chi connectivity index (χ4v) is 2.62. The van der Waals surface area contributed by atoms with Crippen molar-refractivity contribution in [3.8, 4) is 0 Å². The van der Waals surface area contributed by atoms with Crippen LogP contribution in [0.5, 0.6) is 0 Å². The van der Waals surface area contributed by atoms with E-state index in [0.717, 1.165) is 12.8 Å². The summed E-state index contributed by atoms with van der Waals surface area (Å²) in [4.78, 5) is 15.4. The summed E-state index contributed by atoms with van der Waals surface area (Å²) in [5.74, 6) is 0.0512. The van der Waals surface area contributed by atoms with Crippen LogP contribution < -0.4 is 5.73 Å². The summed E-state index contributed by atoms with van der Waals surface area (Å²) in [5.41, 5.74) is 5.35. The largest absolute Gasteiger partial charge is 0.336 e. The molecule has 0 aliphatic heterocycles. The molecule has 0 aliphatic carbocycles. The Balaban J connectivity index is 0.00000289. The molecule has 0 bridgehead atoms. The number of halogens is 1. The summed E-state index contributed by atoms with van der Waals surface area (Å²) >= 11 is 1.67. The first-order valence-corrected chi connectivity index (χ1v) is 7.00. The Hall–Kier alpha value is -0.580. The third-order valence-corrected chi connectivity index (χ3v) is 3.71. The minimum atomic E-state index is -0.734. The number of carbonyl (C=O) groups excluding carboxylic acids is 1. The van der Waals surface area contributed by atoms with Gasteiger partial charge in [0.15, 0.2) is 0 Å². The van der Waals surface area contributed by atoms with Gasteiger partial charge in [-0.15, -0.1) is 23.7 Å². The molecule has 1 aromatic heterocycles. The topological polar surface area (TPSA) is 46.3 Å². The van der Waals surface area contributed by atoms with Gasteiger partial charge in [-0.25, -0.2) is 0 Å². The van der Waals surface area contributed by atoms with Crippen molar-refractivity contribution in [1.82, 2.24) is 4.90 Å². The minimum absolute atomic E-state index is 0. The highest BCUT2D eigenvalue weighted by molar-refractivity contribution is 7.09. The zero-order valence-electron chi connectivity index (χ0n) is 11.3. The van der Waals surface area contributed by atoms with Crippen LogP contribution in [-0.4, -0.2) is 22.9 Å². The van der Waals surface area contributed by atoms with Gasteiger partial charge in [0, 0.05) is 11.4 Å². The first-order valence-electron chi connectivity index (χ1n) is 6.12. The van der Waals surface area contributed by atoms with Crippen LogP contribution in [-0.2, 0) is 11.3 Å². The molecule has 1 amide bonds. The summed E-state index contributed by atoms with van der Waals surface area (Å²) < 4.78 is 0. The highest BCUT2D eigenvalue weighted by Crippen LogP contribution is 2.17. The van der Waals surface area contributed by atoms with Crippen LogP contribution in [0.25, 0.3) is 0 Å². The lowest BCUT2D eigenvalue weighted by atomic mass is 9.95. The lowest BCUT2D eigenvalue weighted by Crippen LogP contribution is -2.52. The van der Waals surface area contributed by atoms with Crippen LogP contribution in [0.1, 0.15) is 38.5 Å². The van der Waals surface area contributed by atoms with Gasteiger partial charge in [-0.2, -0.15) is 0 Å². The van der Waals surface area contributed by atoms with Crippen molar-refractivity contribution >= 4 is 29.7 Å². The van der Waals surface area contributed by atoms with Crippen molar-refractivity contribution in [3.05, 3.63) is 22.4 Å². The van der Waals surface area contributed by atoms with Crippen LogP contribution in [0.15, 0.2) is 17.5 Å². The van der Waals surface area contributed by atoms with Crippen molar-refractivity contribution in [3.63, 3.8) is 0 Å². The molecule has 3 nitrogen and oxygen atoms in total. The van der Waals surface area contributed by atoms with E-state index < -0.39 is 5.54 Å². The van der Waals surface area contributed by atoms with Crippen LogP contribution in [0.2, 0.25) is 0 Å². The maximum atomic E-state index is 12.3. The number of carbonyl (C=O) groups is 1. The molecule has 2 N–H and O–H groups in total. The van der Waals surface area contributed by atoms with Crippen molar-refractivity contribution < 1.29 is 4.79 Å². The Bertz CT molecular complexity index is 352. The molecule has 1 unspecified atom stereocenters. The van der Waals surface area contributed by atoms with Gasteiger partial charge in [0.25, 0.3) is 0 Å². The fourth-order valence-electron chi connectivity index (χ4n) is 1.91. The predicted octanol–water partition coefficient (Wildman–Crippen LogP) is 3.04. The van der Waals surface area contributed by atoms with Crippen LogP contribution in [0.3, 0.4) is 0 Å². The van der Waals surface area contributed by atoms with Gasteiger partial charge in [-0.1, -0.05) is 19.4 Å². The van der Waals surface area contributed by atoms with Crippen LogP contribution in [0.4, 0.5) is 0 Å². The highest BCUT2D eigenvalue weighted by Gasteiger charge is 2.31. The number of hydrogen-bond acceptors (Lipinski definition) is 3. The second-order valence-electron chi connectivity index (χ2n) is 4.57. The molecule has 0 saturated heterocycles. The number of likely N-dealkylation sites (N-methyl/N-ethyl adjacent to an activating group) is 1. The summed E-state index contributed by atoms with van der Waals surface area (Å²) in [7, 11) is 0. The Morgan fingerprint density at radius 1 is 1.50 bits per heavy atom.